The Morgan fingerprint density at radius 2 is 1.81 bits per heavy atom. The van der Waals surface area contributed by atoms with Crippen LogP contribution in [0.3, 0.4) is 0 Å². The molecule has 42 heavy (non-hydrogen) atoms. The third-order valence-electron chi connectivity index (χ3n) is 5.49. The Morgan fingerprint density at radius 3 is 2.57 bits per heavy atom. The second kappa shape index (κ2) is 13.1. The highest BCUT2D eigenvalue weighted by Crippen LogP contribution is 2.25. The molecule has 2 amide bonds. The summed E-state index contributed by atoms with van der Waals surface area (Å²) in [7, 11) is 0. The van der Waals surface area contributed by atoms with Gasteiger partial charge in [0, 0.05) is 24.7 Å². The summed E-state index contributed by atoms with van der Waals surface area (Å²) in [6.07, 6.45) is -3.20. The van der Waals surface area contributed by atoms with Gasteiger partial charge in [0.25, 0.3) is 5.91 Å². The summed E-state index contributed by atoms with van der Waals surface area (Å²) in [5.41, 5.74) is -0.399. The van der Waals surface area contributed by atoms with Crippen LogP contribution >= 0.6 is 0 Å². The first-order chi connectivity index (χ1) is 19.9. The fourth-order valence-corrected chi connectivity index (χ4v) is 3.57. The maximum atomic E-state index is 14.5. The van der Waals surface area contributed by atoms with E-state index >= 15 is 0 Å². The van der Waals surface area contributed by atoms with Gasteiger partial charge in [-0.05, 0) is 30.3 Å². The Bertz CT molecular complexity index is 1540. The van der Waals surface area contributed by atoms with E-state index in [1.54, 1.807) is 0 Å². The molecule has 0 saturated carbocycles. The van der Waals surface area contributed by atoms with Crippen molar-refractivity contribution in [3.63, 3.8) is 0 Å². The van der Waals surface area contributed by atoms with E-state index in [1.165, 1.54) is 35.4 Å². The normalized spacial score (nSPS) is 12.1. The smallest absolute Gasteiger partial charge is 0.406 e. The van der Waals surface area contributed by atoms with Crippen LogP contribution in [0.5, 0.6) is 5.75 Å². The topological polar surface area (TPSA) is 142 Å². The molecule has 1 atom stereocenters. The lowest BCUT2D eigenvalue weighted by atomic mass is 10.1. The van der Waals surface area contributed by atoms with Crippen LogP contribution < -0.4 is 15.4 Å². The number of pyridine rings is 1. The van der Waals surface area contributed by atoms with Crippen molar-refractivity contribution in [1.82, 2.24) is 40.3 Å². The van der Waals surface area contributed by atoms with Gasteiger partial charge >= 0.3 is 6.36 Å². The molecule has 0 aliphatic rings. The van der Waals surface area contributed by atoms with Crippen molar-refractivity contribution in [3.8, 4) is 5.75 Å². The fourth-order valence-electron chi connectivity index (χ4n) is 3.57. The Labute approximate surface area is 232 Å². The zero-order valence-electron chi connectivity index (χ0n) is 21.4. The van der Waals surface area contributed by atoms with E-state index in [9.17, 15) is 35.9 Å². The number of anilines is 1. The summed E-state index contributed by atoms with van der Waals surface area (Å²) >= 11 is 0. The van der Waals surface area contributed by atoms with Gasteiger partial charge in [0.15, 0.2) is 11.5 Å². The van der Waals surface area contributed by atoms with E-state index in [2.05, 4.69) is 41.0 Å². The van der Waals surface area contributed by atoms with Gasteiger partial charge in [0.05, 0.1) is 37.6 Å². The number of carbonyl (C=O) groups excluding carboxylic acids is 2. The van der Waals surface area contributed by atoms with Crippen molar-refractivity contribution in [2.75, 3.05) is 5.32 Å². The predicted molar refractivity (Wildman–Crippen MR) is 130 cm³/mol. The molecule has 0 aliphatic heterocycles. The molecule has 0 spiro atoms. The highest BCUT2D eigenvalue weighted by atomic mass is 19.4. The van der Waals surface area contributed by atoms with Crippen molar-refractivity contribution in [2.45, 2.75) is 45.0 Å². The van der Waals surface area contributed by atoms with Gasteiger partial charge in [-0.2, -0.15) is 0 Å². The molecule has 4 aromatic rings. The van der Waals surface area contributed by atoms with Gasteiger partial charge in [-0.3, -0.25) is 19.3 Å². The number of ether oxygens (including phenoxy) is 1. The van der Waals surface area contributed by atoms with Crippen LogP contribution in [-0.4, -0.2) is 59.3 Å². The largest absolute Gasteiger partial charge is 0.573 e. The monoisotopic (exact) mass is 597 g/mol. The zero-order chi connectivity index (χ0) is 30.3. The standard InChI is InChI=1S/C24H21F6N9O3/c25-15(11-39-12-20(34-36-39)23(41)32-10-19-18(27)2-1-6-31-19)5-7-38-13-21(35-37-38)33-22(40)9-14-8-16(3-4-17(14)26)42-24(28,29)30/h1-4,6,8,12-13,15H,5,7,9-11H2,(H,32,41)(H,33,40). The lowest BCUT2D eigenvalue weighted by molar-refractivity contribution is -0.274. The lowest BCUT2D eigenvalue weighted by Gasteiger charge is -2.10. The van der Waals surface area contributed by atoms with Crippen LogP contribution in [0.4, 0.5) is 32.2 Å². The summed E-state index contributed by atoms with van der Waals surface area (Å²) in [6.45, 7) is -0.380. The number of aromatic nitrogens is 7. The quantitative estimate of drug-likeness (QED) is 0.238. The van der Waals surface area contributed by atoms with E-state index in [4.69, 9.17) is 0 Å². The van der Waals surface area contributed by atoms with E-state index in [0.717, 1.165) is 22.9 Å². The highest BCUT2D eigenvalue weighted by molar-refractivity contribution is 5.92. The number of carbonyl (C=O) groups is 2. The number of amides is 2. The van der Waals surface area contributed by atoms with Gasteiger partial charge in [-0.1, -0.05) is 10.4 Å². The van der Waals surface area contributed by atoms with Crippen molar-refractivity contribution in [3.05, 3.63) is 77.5 Å². The van der Waals surface area contributed by atoms with Crippen molar-refractivity contribution < 1.29 is 40.7 Å². The number of hydrogen-bond acceptors (Lipinski definition) is 8. The van der Waals surface area contributed by atoms with E-state index < -0.39 is 48.2 Å². The Morgan fingerprint density at radius 1 is 1.02 bits per heavy atom. The van der Waals surface area contributed by atoms with E-state index in [1.807, 2.05) is 0 Å². The molecular weight excluding hydrogens is 576 g/mol. The second-order valence-electron chi connectivity index (χ2n) is 8.72. The molecule has 3 heterocycles. The maximum absolute atomic E-state index is 14.5. The number of nitrogens with zero attached hydrogens (tertiary/aromatic N) is 7. The zero-order valence-corrected chi connectivity index (χ0v) is 21.4. The average Bonchev–Trinajstić information content (AvgIpc) is 3.57. The van der Waals surface area contributed by atoms with Crippen LogP contribution in [0.1, 0.15) is 28.2 Å². The molecule has 222 valence electrons. The third kappa shape index (κ3) is 8.73. The van der Waals surface area contributed by atoms with Crippen LogP contribution in [0.25, 0.3) is 0 Å². The predicted octanol–water partition coefficient (Wildman–Crippen LogP) is 2.98. The minimum Gasteiger partial charge on any atom is -0.406 e. The first-order valence-electron chi connectivity index (χ1n) is 12.1. The molecular formula is C24H21F6N9O3. The minimum atomic E-state index is -4.98. The van der Waals surface area contributed by atoms with Gasteiger partial charge in [0.1, 0.15) is 23.6 Å². The van der Waals surface area contributed by atoms with Crippen molar-refractivity contribution >= 4 is 17.6 Å². The number of hydrogen-bond donors (Lipinski definition) is 2. The molecule has 0 bridgehead atoms. The average molecular weight is 597 g/mol. The third-order valence-corrected chi connectivity index (χ3v) is 5.49. The molecule has 4 rings (SSSR count). The number of benzene rings is 1. The molecule has 1 unspecified atom stereocenters. The molecule has 1 aromatic carbocycles. The molecule has 0 fully saturated rings. The summed E-state index contributed by atoms with van der Waals surface area (Å²) < 4.78 is 85.4. The molecule has 3 aromatic heterocycles. The molecule has 0 radical (unpaired) electrons. The fraction of sp³-hybridized carbons (Fsp3) is 0.292. The molecule has 12 nitrogen and oxygen atoms in total. The van der Waals surface area contributed by atoms with Crippen molar-refractivity contribution in [1.29, 1.82) is 0 Å². The van der Waals surface area contributed by atoms with Crippen LogP contribution in [0.15, 0.2) is 48.9 Å². The summed E-state index contributed by atoms with van der Waals surface area (Å²) in [4.78, 5) is 28.3. The van der Waals surface area contributed by atoms with Gasteiger partial charge in [-0.25, -0.2) is 17.9 Å². The number of nitrogens with one attached hydrogen (secondary N) is 2. The molecule has 2 N–H and O–H groups in total. The van der Waals surface area contributed by atoms with Gasteiger partial charge in [-0.15, -0.1) is 23.4 Å². The molecule has 18 heteroatoms. The Hall–Kier alpha value is -5.03. The SMILES string of the molecule is O=C(Cc1cc(OC(F)(F)F)ccc1F)Nc1cn(CCC(F)Cn2cc(C(=O)NCc3ncccc3F)nn2)nn1. The van der Waals surface area contributed by atoms with Gasteiger partial charge < -0.3 is 15.4 Å². The first-order valence-corrected chi connectivity index (χ1v) is 12.1. The summed E-state index contributed by atoms with van der Waals surface area (Å²) in [6, 6.07) is 4.90. The van der Waals surface area contributed by atoms with Crippen LogP contribution in [-0.2, 0) is 30.8 Å². The minimum absolute atomic E-state index is 0.0349. The molecule has 0 saturated heterocycles. The highest BCUT2D eigenvalue weighted by Gasteiger charge is 2.31. The maximum Gasteiger partial charge on any atom is 0.573 e. The Balaban J connectivity index is 1.22. The number of halogens is 6. The number of aryl methyl sites for hydroxylation is 1. The number of rotatable bonds is 12. The van der Waals surface area contributed by atoms with E-state index in [0.29, 0.717) is 0 Å². The van der Waals surface area contributed by atoms with Gasteiger partial charge in [0.2, 0.25) is 5.91 Å². The second-order valence-corrected chi connectivity index (χ2v) is 8.72. The van der Waals surface area contributed by atoms with Crippen LogP contribution in [0.2, 0.25) is 0 Å². The lowest BCUT2D eigenvalue weighted by Crippen LogP contribution is -2.24. The van der Waals surface area contributed by atoms with E-state index in [-0.39, 0.29) is 48.8 Å². The number of alkyl halides is 4. The molecule has 0 aliphatic carbocycles. The summed E-state index contributed by atoms with van der Waals surface area (Å²) in [5, 5.41) is 19.6. The Kier molecular flexibility index (Phi) is 9.33. The van der Waals surface area contributed by atoms with Crippen LogP contribution in [0, 0.1) is 11.6 Å². The van der Waals surface area contributed by atoms with Crippen molar-refractivity contribution in [2.24, 2.45) is 0 Å². The first kappa shape index (κ1) is 29.9. The summed E-state index contributed by atoms with van der Waals surface area (Å²) in [5.74, 6) is -3.65.